The SMILES string of the molecule is CC(C)NCCCCC1CC(=O)NC(CCCCNC(C)C)CC(=O)NC(CCCCNC(C)C(C)C)CC(=O)N1. The van der Waals surface area contributed by atoms with Gasteiger partial charge in [0, 0.05) is 55.5 Å². The normalized spacial score (nSPS) is 21.8. The van der Waals surface area contributed by atoms with Crippen LogP contribution in [0.3, 0.4) is 0 Å². The lowest BCUT2D eigenvalue weighted by Crippen LogP contribution is -2.48. The first-order chi connectivity index (χ1) is 19.5. The largest absolute Gasteiger partial charge is 0.353 e. The van der Waals surface area contributed by atoms with Crippen molar-refractivity contribution in [2.45, 2.75) is 162 Å². The van der Waals surface area contributed by atoms with E-state index in [4.69, 9.17) is 0 Å². The van der Waals surface area contributed by atoms with E-state index >= 15 is 0 Å². The van der Waals surface area contributed by atoms with Gasteiger partial charge in [-0.2, -0.15) is 0 Å². The fourth-order valence-corrected chi connectivity index (χ4v) is 5.10. The molecule has 41 heavy (non-hydrogen) atoms. The summed E-state index contributed by atoms with van der Waals surface area (Å²) in [5.74, 6) is 0.321. The molecule has 0 radical (unpaired) electrons. The maximum atomic E-state index is 13.1. The molecule has 0 aliphatic carbocycles. The zero-order chi connectivity index (χ0) is 30.6. The van der Waals surface area contributed by atoms with Gasteiger partial charge in [-0.1, -0.05) is 60.8 Å². The predicted octanol–water partition coefficient (Wildman–Crippen LogP) is 3.77. The van der Waals surface area contributed by atoms with Crippen LogP contribution in [0.5, 0.6) is 0 Å². The molecule has 9 nitrogen and oxygen atoms in total. The van der Waals surface area contributed by atoms with Crippen LogP contribution < -0.4 is 31.9 Å². The summed E-state index contributed by atoms with van der Waals surface area (Å²) in [6.45, 7) is 17.9. The van der Waals surface area contributed by atoms with Crippen LogP contribution >= 0.6 is 0 Å². The van der Waals surface area contributed by atoms with E-state index in [1.807, 2.05) is 0 Å². The molecular formula is C32H64N6O3. The topological polar surface area (TPSA) is 123 Å². The molecular weight excluding hydrogens is 516 g/mol. The van der Waals surface area contributed by atoms with Crippen molar-refractivity contribution in [2.75, 3.05) is 19.6 Å². The molecule has 6 N–H and O–H groups in total. The third kappa shape index (κ3) is 19.9. The lowest BCUT2D eigenvalue weighted by Gasteiger charge is -2.26. The van der Waals surface area contributed by atoms with Gasteiger partial charge in [-0.25, -0.2) is 0 Å². The first kappa shape index (κ1) is 37.3. The van der Waals surface area contributed by atoms with Crippen molar-refractivity contribution in [3.05, 3.63) is 0 Å². The summed E-state index contributed by atoms with van der Waals surface area (Å²) in [7, 11) is 0. The Morgan fingerprint density at radius 1 is 0.537 bits per heavy atom. The molecule has 0 spiro atoms. The van der Waals surface area contributed by atoms with Gasteiger partial charge >= 0.3 is 0 Å². The van der Waals surface area contributed by atoms with Gasteiger partial charge in [-0.15, -0.1) is 0 Å². The standard InChI is InChI=1S/C32H64N6O3/c1-23(2)26(7)35-19-13-10-16-29-22-32(41)37-27(14-8-11-17-33-24(3)4)20-30(39)36-28(21-31(40)38-29)15-9-12-18-34-25(5)6/h23-29,33-35H,8-22H2,1-7H3,(H,36,39)(H,37,41)(H,38,40). The zero-order valence-corrected chi connectivity index (χ0v) is 27.4. The number of nitrogens with one attached hydrogen (secondary N) is 6. The van der Waals surface area contributed by atoms with Crippen LogP contribution in [0.2, 0.25) is 0 Å². The highest BCUT2D eigenvalue weighted by Crippen LogP contribution is 2.13. The molecule has 0 aromatic rings. The summed E-state index contributed by atoms with van der Waals surface area (Å²) in [4.78, 5) is 39.1. The molecule has 0 bridgehead atoms. The number of rotatable bonds is 19. The molecule has 0 aromatic heterocycles. The van der Waals surface area contributed by atoms with Crippen LogP contribution in [0, 0.1) is 5.92 Å². The van der Waals surface area contributed by atoms with Gasteiger partial charge in [0.25, 0.3) is 0 Å². The third-order valence-electron chi connectivity index (χ3n) is 7.90. The molecule has 0 aromatic carbocycles. The number of carbonyl (C=O) groups excluding carboxylic acids is 3. The lowest BCUT2D eigenvalue weighted by atomic mass is 10.00. The Morgan fingerprint density at radius 2 is 0.854 bits per heavy atom. The Hall–Kier alpha value is -1.71. The van der Waals surface area contributed by atoms with Crippen molar-refractivity contribution in [2.24, 2.45) is 5.92 Å². The maximum absolute atomic E-state index is 13.1. The summed E-state index contributed by atoms with van der Waals surface area (Å²) in [5, 5.41) is 19.8. The summed E-state index contributed by atoms with van der Waals surface area (Å²) < 4.78 is 0. The van der Waals surface area contributed by atoms with E-state index in [-0.39, 0.29) is 55.1 Å². The van der Waals surface area contributed by atoms with Crippen LogP contribution in [0.4, 0.5) is 0 Å². The van der Waals surface area contributed by atoms with Crippen LogP contribution in [-0.2, 0) is 14.4 Å². The van der Waals surface area contributed by atoms with Crippen LogP contribution in [0.25, 0.3) is 0 Å². The van der Waals surface area contributed by atoms with Crippen molar-refractivity contribution in [3.8, 4) is 0 Å². The van der Waals surface area contributed by atoms with Gasteiger partial charge in [0.15, 0.2) is 0 Å². The highest BCUT2D eigenvalue weighted by atomic mass is 16.2. The summed E-state index contributed by atoms with van der Waals surface area (Å²) in [6, 6.07) is 0.757. The predicted molar refractivity (Wildman–Crippen MR) is 170 cm³/mol. The second kappa shape index (κ2) is 21.9. The minimum Gasteiger partial charge on any atom is -0.353 e. The monoisotopic (exact) mass is 581 g/mol. The number of amides is 3. The molecule has 1 fully saturated rings. The van der Waals surface area contributed by atoms with E-state index in [0.717, 1.165) is 77.4 Å². The molecule has 1 heterocycles. The Bertz CT molecular complexity index is 684. The van der Waals surface area contributed by atoms with Crippen LogP contribution in [0.1, 0.15) is 126 Å². The smallest absolute Gasteiger partial charge is 0.222 e. The Balaban J connectivity index is 2.81. The molecule has 1 saturated heterocycles. The van der Waals surface area contributed by atoms with Crippen molar-refractivity contribution in [1.29, 1.82) is 0 Å². The minimum absolute atomic E-state index is 0.0882. The maximum Gasteiger partial charge on any atom is 0.222 e. The quantitative estimate of drug-likeness (QED) is 0.129. The molecule has 3 amide bonds. The first-order valence-corrected chi connectivity index (χ1v) is 16.5. The van der Waals surface area contributed by atoms with Crippen molar-refractivity contribution in [1.82, 2.24) is 31.9 Å². The van der Waals surface area contributed by atoms with Gasteiger partial charge in [0.05, 0.1) is 0 Å². The highest BCUT2D eigenvalue weighted by Gasteiger charge is 2.25. The van der Waals surface area contributed by atoms with Gasteiger partial charge < -0.3 is 31.9 Å². The molecule has 9 heteroatoms. The van der Waals surface area contributed by atoms with Gasteiger partial charge in [0.2, 0.25) is 17.7 Å². The van der Waals surface area contributed by atoms with E-state index in [0.29, 0.717) is 24.0 Å². The number of unbranched alkanes of at least 4 members (excludes halogenated alkanes) is 3. The van der Waals surface area contributed by atoms with Crippen molar-refractivity contribution in [3.63, 3.8) is 0 Å². The average Bonchev–Trinajstić information content (AvgIpc) is 2.86. The van der Waals surface area contributed by atoms with Crippen molar-refractivity contribution >= 4 is 17.7 Å². The molecule has 4 atom stereocenters. The van der Waals surface area contributed by atoms with E-state index < -0.39 is 0 Å². The lowest BCUT2D eigenvalue weighted by molar-refractivity contribution is -0.126. The molecule has 1 aliphatic rings. The number of hydrogen-bond acceptors (Lipinski definition) is 6. The van der Waals surface area contributed by atoms with Crippen LogP contribution in [0.15, 0.2) is 0 Å². The number of hydrogen-bond donors (Lipinski definition) is 6. The Morgan fingerprint density at radius 3 is 1.15 bits per heavy atom. The van der Waals surface area contributed by atoms with E-state index in [2.05, 4.69) is 80.4 Å². The van der Waals surface area contributed by atoms with Crippen molar-refractivity contribution < 1.29 is 14.4 Å². The second-order valence-corrected chi connectivity index (χ2v) is 13.1. The Kier molecular flexibility index (Phi) is 19.9. The summed E-state index contributed by atoms with van der Waals surface area (Å²) in [5.41, 5.74) is 0. The zero-order valence-electron chi connectivity index (χ0n) is 27.4. The summed E-state index contributed by atoms with van der Waals surface area (Å²) in [6.07, 6.45) is 8.86. The minimum atomic E-state index is -0.202. The third-order valence-corrected chi connectivity index (χ3v) is 7.90. The van der Waals surface area contributed by atoms with Gasteiger partial charge in [-0.3, -0.25) is 14.4 Å². The fraction of sp³-hybridized carbons (Fsp3) is 0.906. The van der Waals surface area contributed by atoms with Gasteiger partial charge in [-0.05, 0) is 71.0 Å². The van der Waals surface area contributed by atoms with Gasteiger partial charge in [0.1, 0.15) is 0 Å². The molecule has 1 rings (SSSR count). The Labute approximate surface area is 251 Å². The first-order valence-electron chi connectivity index (χ1n) is 16.5. The molecule has 1 aliphatic heterocycles. The van der Waals surface area contributed by atoms with E-state index in [1.165, 1.54) is 0 Å². The fourth-order valence-electron chi connectivity index (χ4n) is 5.10. The van der Waals surface area contributed by atoms with E-state index in [1.54, 1.807) is 0 Å². The second-order valence-electron chi connectivity index (χ2n) is 13.1. The average molecular weight is 581 g/mol. The van der Waals surface area contributed by atoms with Crippen LogP contribution in [-0.4, -0.2) is 73.6 Å². The summed E-state index contributed by atoms with van der Waals surface area (Å²) >= 11 is 0. The number of carbonyl (C=O) groups is 3. The van der Waals surface area contributed by atoms with E-state index in [9.17, 15) is 14.4 Å². The highest BCUT2D eigenvalue weighted by molar-refractivity contribution is 5.83. The molecule has 4 unspecified atom stereocenters. The molecule has 240 valence electrons. The molecule has 0 saturated carbocycles.